The first-order valence-electron chi connectivity index (χ1n) is 47.3. The summed E-state index contributed by atoms with van der Waals surface area (Å²) in [5.74, 6) is -3.66. The summed E-state index contributed by atoms with van der Waals surface area (Å²) in [6, 6.07) is 59.5. The van der Waals surface area contributed by atoms with Crippen molar-refractivity contribution in [2.75, 3.05) is 65.0 Å². The first-order chi connectivity index (χ1) is 67.7. The normalized spacial score (nSPS) is 19.2. The van der Waals surface area contributed by atoms with Crippen molar-refractivity contribution >= 4 is 112 Å². The third kappa shape index (κ3) is 23.6. The Kier molecular flexibility index (Phi) is 33.3. The second kappa shape index (κ2) is 46.7. The largest absolute Gasteiger partial charge is 0.384 e. The average Bonchev–Trinajstić information content (AvgIpc) is 0.888. The van der Waals surface area contributed by atoms with Gasteiger partial charge in [-0.2, -0.15) is 0 Å². The molecule has 34 heteroatoms. The van der Waals surface area contributed by atoms with Gasteiger partial charge in [0.15, 0.2) is 0 Å². The lowest BCUT2D eigenvalue weighted by Gasteiger charge is -2.46. The number of aromatic nitrogens is 7. The van der Waals surface area contributed by atoms with Gasteiger partial charge in [-0.05, 0) is 212 Å². The molecule has 11 aromatic rings. The standard InChI is InChI=1S/C28H29N5O3.C27H34N4O3.C26H28N6O3.C25H27N7O3/c1-32(21-10-6-3-7-11-21)27(35)25-22(16-18-14-15-30-23(29)17-18)26(34)33(25)28(36)31-24(20-12-13-20)19-8-4-2-5-9-19;1-3-23(20-10-6-4-7-11-20)29-27(34)31-24(26(33)30(2)21-12-8-5-9-13-21)22(25(31)32)18-19-14-16-28-17-15-19;1-3-21(18-7-5-4-6-8-18)30-26(35)32-23(25(34)31(2)19-10-12-28-13-11-19)20(24(32)33)15-17-9-14-29-22(27)16-17;1-3-19(17-8-5-4-6-9-17)30-25(35)32-21(23(34)31(2)24-28-11-7-12-29-24)18(22(32)33)14-16-10-13-27-20(26)15-16/h2-11,14-15,17,20,22,24-25H,12-13,16H2,1H3,(H2,29,30)(H,31,36);5,8-9,12-17,20,22-24H,3-4,6-7,10-11,18H2,1-2H3,(H,29,34);4-14,16,20-21,23H,3,15H2,1-2H3,(H2,27,29)(H,30,35);4-13,15,18-19,21H,3,14H2,1-2H3,(H2,26,27)(H,30,35)/t22-,24+,25+;22-,23-,24+;20-,21-,23+;18-,19-,21+/m1111/s1. The van der Waals surface area contributed by atoms with Gasteiger partial charge in [-0.3, -0.25) is 72.8 Å². The summed E-state index contributed by atoms with van der Waals surface area (Å²) < 4.78 is 0. The van der Waals surface area contributed by atoms with Crippen molar-refractivity contribution in [3.63, 3.8) is 0 Å². The predicted molar refractivity (Wildman–Crippen MR) is 530 cm³/mol. The molecule has 0 radical (unpaired) electrons. The number of nitrogens with zero attached hydrogens (tertiary/aromatic N) is 15. The predicted octanol–water partition coefficient (Wildman–Crippen LogP) is 13.0. The zero-order chi connectivity index (χ0) is 99.2. The zero-order valence-electron chi connectivity index (χ0n) is 79.3. The van der Waals surface area contributed by atoms with Gasteiger partial charge in [0.2, 0.25) is 29.6 Å². The summed E-state index contributed by atoms with van der Waals surface area (Å²) in [4.78, 5) is 199. The molecule has 4 saturated heterocycles. The number of anilines is 7. The highest BCUT2D eigenvalue weighted by atomic mass is 16.2. The number of rotatable bonds is 28. The molecule has 0 spiro atoms. The van der Waals surface area contributed by atoms with E-state index >= 15 is 0 Å². The molecule has 16 amide bonds. The van der Waals surface area contributed by atoms with E-state index in [1.54, 1.807) is 119 Å². The molecule has 6 aromatic heterocycles. The number of likely N-dealkylation sites (tertiary alicyclic amines) is 4. The number of pyridine rings is 5. The van der Waals surface area contributed by atoms with Crippen LogP contribution in [-0.2, 0) is 64.0 Å². The van der Waals surface area contributed by atoms with Crippen LogP contribution in [0.15, 0.2) is 274 Å². The highest BCUT2D eigenvalue weighted by Crippen LogP contribution is 2.44. The lowest BCUT2D eigenvalue weighted by Crippen LogP contribution is -2.71. The summed E-state index contributed by atoms with van der Waals surface area (Å²) in [7, 11) is 6.50. The van der Waals surface area contributed by atoms with Crippen molar-refractivity contribution in [3.05, 3.63) is 313 Å². The average molecular weight is 1890 g/mol. The molecule has 2 aliphatic carbocycles. The number of likely N-dealkylation sites (N-methyl/N-ethyl adjacent to an activating group) is 4. The highest BCUT2D eigenvalue weighted by Gasteiger charge is 2.60. The molecule has 34 nitrogen and oxygen atoms in total. The van der Waals surface area contributed by atoms with Crippen LogP contribution in [0.2, 0.25) is 0 Å². The van der Waals surface area contributed by atoms with Crippen LogP contribution in [0, 0.1) is 35.5 Å². The van der Waals surface area contributed by atoms with Gasteiger partial charge in [-0.15, -0.1) is 0 Å². The number of carbonyl (C=O) groups is 12. The molecule has 10 heterocycles. The number of amides is 16. The SMILES string of the molecule is CC[C@@H](NC(=O)N1C(=O)[C@H](Cc2ccnc(N)c2)[C@H]1C(=O)N(C)c1ccncc1)c1ccccc1.CC[C@@H](NC(=O)N1C(=O)[C@H](Cc2ccnc(N)c2)[C@H]1C(=O)N(C)c1ncccn1)c1ccccc1.CC[C@@H](NC(=O)N1C(=O)[C@H](Cc2ccncc2)[C@H]1C(=O)N(C)c1ccccc1)C1CCCCC1.CN(C(=O)[C@@H]1[C@@H](Cc2ccnc(N)c2)C(=O)N1C(=O)N[C@@H](c1ccccc1)C1CC1)c1ccccc1. The van der Waals surface area contributed by atoms with Gasteiger partial charge in [0.1, 0.15) is 41.6 Å². The zero-order valence-corrected chi connectivity index (χ0v) is 79.3. The molecule has 17 rings (SSSR count). The summed E-state index contributed by atoms with van der Waals surface area (Å²) in [6.07, 6.45) is 25.3. The maximum Gasteiger partial charge on any atom is 0.325 e. The summed E-state index contributed by atoms with van der Waals surface area (Å²) >= 11 is 0. The number of hydrogen-bond donors (Lipinski definition) is 7. The first-order valence-corrected chi connectivity index (χ1v) is 47.3. The minimum atomic E-state index is -1.01. The lowest BCUT2D eigenvalue weighted by atomic mass is 9.81. The Morgan fingerprint density at radius 1 is 0.329 bits per heavy atom. The van der Waals surface area contributed by atoms with Gasteiger partial charge in [0.25, 0.3) is 23.6 Å². The third-order valence-electron chi connectivity index (χ3n) is 26.7. The van der Waals surface area contributed by atoms with Crippen LogP contribution in [0.1, 0.15) is 142 Å². The van der Waals surface area contributed by atoms with Gasteiger partial charge in [0, 0.05) is 107 Å². The van der Waals surface area contributed by atoms with Gasteiger partial charge >= 0.3 is 24.1 Å². The minimum Gasteiger partial charge on any atom is -0.384 e. The Morgan fingerprint density at radius 3 is 0.993 bits per heavy atom. The summed E-state index contributed by atoms with van der Waals surface area (Å²) in [5, 5.41) is 12.0. The Labute approximate surface area is 813 Å². The molecule has 0 unspecified atom stereocenters. The number of β-lactam (4-membered cyclic amide) rings is 4. The Bertz CT molecular complexity index is 5960. The van der Waals surface area contributed by atoms with Crippen LogP contribution < -0.4 is 58.1 Å². The van der Waals surface area contributed by atoms with E-state index in [-0.39, 0.29) is 72.5 Å². The lowest BCUT2D eigenvalue weighted by molar-refractivity contribution is -0.156. The van der Waals surface area contributed by atoms with Crippen LogP contribution in [0.4, 0.5) is 59.6 Å². The Morgan fingerprint density at radius 2 is 0.643 bits per heavy atom. The Balaban J connectivity index is 0.000000149. The quantitative estimate of drug-likeness (QED) is 0.0224. The van der Waals surface area contributed by atoms with Crippen LogP contribution in [0.5, 0.6) is 0 Å². The third-order valence-corrected chi connectivity index (χ3v) is 26.7. The van der Waals surface area contributed by atoms with E-state index < -0.39 is 89.7 Å². The molecular weight excluding hydrogens is 1770 g/mol. The molecule has 12 atom stereocenters. The fourth-order valence-electron chi connectivity index (χ4n) is 18.8. The van der Waals surface area contributed by atoms with Crippen molar-refractivity contribution < 1.29 is 57.5 Å². The number of nitrogens with one attached hydrogen (secondary N) is 4. The molecule has 4 aliphatic heterocycles. The molecule has 140 heavy (non-hydrogen) atoms. The first kappa shape index (κ1) is 99.9. The number of urea groups is 4. The number of benzene rings is 5. The molecular formula is C106H118N22O12. The molecule has 6 aliphatic rings. The fraction of sp³-hybridized carbons (Fsp3) is 0.330. The summed E-state index contributed by atoms with van der Waals surface area (Å²) in [5.41, 5.74) is 25.5. The van der Waals surface area contributed by atoms with E-state index in [1.807, 2.05) is 178 Å². The number of nitrogens with two attached hydrogens (primary N) is 3. The molecule has 5 aromatic carbocycles. The topological polar surface area (TPSA) is 447 Å². The number of imide groups is 4. The van der Waals surface area contributed by atoms with Gasteiger partial charge < -0.3 is 53.2 Å². The molecule has 724 valence electrons. The van der Waals surface area contributed by atoms with Crippen molar-refractivity contribution in [1.82, 2.24) is 75.8 Å². The maximum absolute atomic E-state index is 13.7. The van der Waals surface area contributed by atoms with E-state index in [9.17, 15) is 57.5 Å². The Hall–Kier alpha value is -16.0. The van der Waals surface area contributed by atoms with Crippen molar-refractivity contribution in [2.24, 2.45) is 35.5 Å². The maximum atomic E-state index is 13.7. The summed E-state index contributed by atoms with van der Waals surface area (Å²) in [6.45, 7) is 5.96. The number of carbonyl (C=O) groups excluding carboxylic acids is 12. The van der Waals surface area contributed by atoms with Crippen LogP contribution in [0.25, 0.3) is 0 Å². The number of hydrogen-bond acceptors (Lipinski definition) is 22. The van der Waals surface area contributed by atoms with Crippen LogP contribution in [-0.4, -0.2) is 184 Å². The second-order valence-electron chi connectivity index (χ2n) is 35.7. The van der Waals surface area contributed by atoms with Gasteiger partial charge in [-0.25, -0.2) is 44.1 Å². The molecule has 10 N–H and O–H groups in total. The van der Waals surface area contributed by atoms with E-state index in [1.165, 1.54) is 58.3 Å². The van der Waals surface area contributed by atoms with E-state index in [0.29, 0.717) is 66.3 Å². The molecule has 0 bridgehead atoms. The van der Waals surface area contributed by atoms with Crippen molar-refractivity contribution in [2.45, 2.75) is 159 Å². The second-order valence-corrected chi connectivity index (χ2v) is 35.7. The van der Waals surface area contributed by atoms with Gasteiger partial charge in [-0.1, -0.05) is 167 Å². The molecule has 2 saturated carbocycles. The highest BCUT2D eigenvalue weighted by molar-refractivity contribution is 6.16. The smallest absolute Gasteiger partial charge is 0.325 e. The van der Waals surface area contributed by atoms with Crippen molar-refractivity contribution in [1.29, 1.82) is 0 Å². The van der Waals surface area contributed by atoms with Crippen LogP contribution >= 0.6 is 0 Å². The monoisotopic (exact) mass is 1890 g/mol. The van der Waals surface area contributed by atoms with Crippen LogP contribution in [0.3, 0.4) is 0 Å². The molecule has 6 fully saturated rings. The number of para-hydroxylation sites is 2. The number of nitrogen functional groups attached to an aromatic ring is 3. The van der Waals surface area contributed by atoms with E-state index in [4.69, 9.17) is 17.2 Å². The minimum absolute atomic E-state index is 0.0162. The van der Waals surface area contributed by atoms with E-state index in [0.717, 1.165) is 96.3 Å². The fourth-order valence-corrected chi connectivity index (χ4v) is 18.8. The van der Waals surface area contributed by atoms with E-state index in [2.05, 4.69) is 63.1 Å². The van der Waals surface area contributed by atoms with Crippen molar-refractivity contribution in [3.8, 4) is 0 Å². The van der Waals surface area contributed by atoms with Gasteiger partial charge in [0.05, 0.1) is 41.8 Å².